The lowest BCUT2D eigenvalue weighted by Crippen LogP contribution is -2.22. The van der Waals surface area contributed by atoms with Gasteiger partial charge in [0.2, 0.25) is 6.79 Å². The molecular weight excluding hydrogens is 460 g/mol. The van der Waals surface area contributed by atoms with Gasteiger partial charge in [-0.05, 0) is 65.3 Å². The monoisotopic (exact) mass is 490 g/mol. The normalized spacial score (nSPS) is 17.1. The van der Waals surface area contributed by atoms with Gasteiger partial charge in [0.05, 0.1) is 16.2 Å². The molecule has 1 heterocycles. The van der Waals surface area contributed by atoms with Gasteiger partial charge in [-0.15, -0.1) is 0 Å². The minimum atomic E-state index is -1.13. The van der Waals surface area contributed by atoms with E-state index in [4.69, 9.17) is 9.47 Å². The van der Waals surface area contributed by atoms with Gasteiger partial charge in [-0.3, -0.25) is 9.00 Å². The molecule has 0 bridgehead atoms. The summed E-state index contributed by atoms with van der Waals surface area (Å²) in [6.45, 7) is 2.28. The van der Waals surface area contributed by atoms with E-state index < -0.39 is 16.2 Å². The Balaban J connectivity index is 1.29. The van der Waals surface area contributed by atoms with Gasteiger partial charge in [0.15, 0.2) is 11.5 Å². The maximum absolute atomic E-state index is 13.4. The van der Waals surface area contributed by atoms with E-state index in [1.807, 2.05) is 67.6 Å². The lowest BCUT2D eigenvalue weighted by atomic mass is 9.87. The van der Waals surface area contributed by atoms with Crippen molar-refractivity contribution in [2.24, 2.45) is 5.92 Å². The smallest absolute Gasteiger partial charge is 0.231 e. The Kier molecular flexibility index (Phi) is 6.76. The minimum absolute atomic E-state index is 0.0529. The number of carbonyl (C=O) groups excluding carboxylic acids is 1. The molecule has 0 radical (unpaired) electrons. The predicted molar refractivity (Wildman–Crippen MR) is 136 cm³/mol. The van der Waals surface area contributed by atoms with Gasteiger partial charge in [-0.25, -0.2) is 0 Å². The van der Waals surface area contributed by atoms with Crippen molar-refractivity contribution in [1.29, 1.82) is 0 Å². The van der Waals surface area contributed by atoms with Gasteiger partial charge < -0.3 is 14.6 Å². The van der Waals surface area contributed by atoms with Crippen LogP contribution in [0.1, 0.15) is 37.3 Å². The Hall–Kier alpha value is -2.96. The molecule has 1 fully saturated rings. The zero-order chi connectivity index (χ0) is 24.4. The second-order valence-electron chi connectivity index (χ2n) is 9.44. The second kappa shape index (κ2) is 9.96. The highest BCUT2D eigenvalue weighted by Crippen LogP contribution is 2.51. The van der Waals surface area contributed by atoms with Crippen LogP contribution in [0, 0.1) is 5.92 Å². The van der Waals surface area contributed by atoms with Crippen molar-refractivity contribution in [3.8, 4) is 22.6 Å². The maximum atomic E-state index is 13.4. The highest BCUT2D eigenvalue weighted by Gasteiger charge is 2.50. The number of rotatable bonds is 10. The first-order chi connectivity index (χ1) is 17.0. The molecule has 5 nitrogen and oxygen atoms in total. The Morgan fingerprint density at radius 2 is 1.77 bits per heavy atom. The molecule has 2 atom stereocenters. The summed E-state index contributed by atoms with van der Waals surface area (Å²) >= 11 is 0. The fraction of sp³-hybridized carbons (Fsp3) is 0.345. The fourth-order valence-electron chi connectivity index (χ4n) is 4.67. The van der Waals surface area contributed by atoms with E-state index in [0.29, 0.717) is 12.2 Å². The molecule has 35 heavy (non-hydrogen) atoms. The lowest BCUT2D eigenvalue weighted by Gasteiger charge is -2.16. The number of ether oxygens (including phenoxy) is 2. The number of Topliss-reactive ketones (excluding diaryl/α,β-unsaturated/α-hetero) is 1. The molecule has 1 saturated carbocycles. The molecular formula is C29H30O5S. The van der Waals surface area contributed by atoms with Crippen LogP contribution in [0.15, 0.2) is 71.6 Å². The first kappa shape index (κ1) is 23.8. The quantitative estimate of drug-likeness (QED) is 0.431. The summed E-state index contributed by atoms with van der Waals surface area (Å²) < 4.78 is 23.5. The summed E-state index contributed by atoms with van der Waals surface area (Å²) in [5.74, 6) is 2.20. The third-order valence-electron chi connectivity index (χ3n) is 7.17. The summed E-state index contributed by atoms with van der Waals surface area (Å²) in [5.41, 5.74) is 3.63. The number of hydrogen-bond acceptors (Lipinski definition) is 5. The third-order valence-corrected chi connectivity index (χ3v) is 8.75. The molecule has 1 aliphatic heterocycles. The van der Waals surface area contributed by atoms with Crippen LogP contribution in [0.2, 0.25) is 0 Å². The van der Waals surface area contributed by atoms with Crippen LogP contribution in [0.4, 0.5) is 0 Å². The molecule has 2 aliphatic rings. The largest absolute Gasteiger partial charge is 0.454 e. The first-order valence-electron chi connectivity index (χ1n) is 12.1. The van der Waals surface area contributed by atoms with Gasteiger partial charge in [-0.1, -0.05) is 55.8 Å². The number of carbonyl (C=O) groups is 1. The molecule has 1 unspecified atom stereocenters. The highest BCUT2D eigenvalue weighted by atomic mass is 32.2. The van der Waals surface area contributed by atoms with Crippen LogP contribution >= 0.6 is 0 Å². The topological polar surface area (TPSA) is 72.8 Å². The third kappa shape index (κ3) is 4.91. The van der Waals surface area contributed by atoms with Gasteiger partial charge in [-0.2, -0.15) is 0 Å². The van der Waals surface area contributed by atoms with Crippen molar-refractivity contribution in [1.82, 2.24) is 0 Å². The van der Waals surface area contributed by atoms with E-state index in [9.17, 15) is 14.1 Å². The van der Waals surface area contributed by atoms with Crippen molar-refractivity contribution in [2.45, 2.75) is 42.9 Å². The van der Waals surface area contributed by atoms with E-state index in [1.165, 1.54) is 0 Å². The first-order valence-corrected chi connectivity index (χ1v) is 13.5. The summed E-state index contributed by atoms with van der Waals surface area (Å²) in [6, 6.07) is 21.7. The summed E-state index contributed by atoms with van der Waals surface area (Å²) in [7, 11) is -1.13. The minimum Gasteiger partial charge on any atom is -0.454 e. The van der Waals surface area contributed by atoms with E-state index in [1.54, 1.807) is 0 Å². The molecule has 3 aromatic carbocycles. The zero-order valence-electron chi connectivity index (χ0n) is 19.9. The van der Waals surface area contributed by atoms with Crippen LogP contribution < -0.4 is 9.47 Å². The van der Waals surface area contributed by atoms with Crippen LogP contribution in [0.5, 0.6) is 11.5 Å². The lowest BCUT2D eigenvalue weighted by molar-refractivity contribution is -0.120. The van der Waals surface area contributed by atoms with Crippen molar-refractivity contribution in [2.75, 3.05) is 19.2 Å². The number of ketones is 1. The molecule has 5 rings (SSSR count). The summed E-state index contributed by atoms with van der Waals surface area (Å²) in [5, 5.41) is 9.39. The number of fused-ring (bicyclic) bond motifs is 1. The standard InChI is InChI=1S/C29H30O5S/c1-2-20(17-30)18-35(32)25-9-6-22(7-10-25)23-5-3-4-21(14-23)15-28(31)29(12-13-29)24-8-11-26-27(16-24)34-19-33-26/h3-11,14,16,20,30H,2,12-13,15,17-19H2,1H3/t20-,35?/m0/s1. The molecule has 1 aliphatic carbocycles. The number of aliphatic hydroxyl groups excluding tert-OH is 1. The molecule has 1 N–H and O–H groups in total. The molecule has 0 saturated heterocycles. The number of aliphatic hydroxyl groups is 1. The molecule has 0 amide bonds. The number of hydrogen-bond donors (Lipinski definition) is 1. The van der Waals surface area contributed by atoms with Crippen molar-refractivity contribution in [3.63, 3.8) is 0 Å². The molecule has 6 heteroatoms. The van der Waals surface area contributed by atoms with Gasteiger partial charge >= 0.3 is 0 Å². The van der Waals surface area contributed by atoms with Gasteiger partial charge in [0.25, 0.3) is 0 Å². The van der Waals surface area contributed by atoms with Crippen LogP contribution in [0.3, 0.4) is 0 Å². The van der Waals surface area contributed by atoms with Crippen LogP contribution in [0.25, 0.3) is 11.1 Å². The van der Waals surface area contributed by atoms with Gasteiger partial charge in [0, 0.05) is 23.7 Å². The van der Waals surface area contributed by atoms with Gasteiger partial charge in [0.1, 0.15) is 5.78 Å². The SMILES string of the molecule is CC[C@@H](CO)CS(=O)c1ccc(-c2cccc(CC(=O)C3(c4ccc5c(c4)OCO5)CC3)c2)cc1. The summed E-state index contributed by atoms with van der Waals surface area (Å²) in [4.78, 5) is 14.1. The molecule has 0 spiro atoms. The Morgan fingerprint density at radius 3 is 2.49 bits per heavy atom. The van der Waals surface area contributed by atoms with E-state index in [0.717, 1.165) is 57.9 Å². The van der Waals surface area contributed by atoms with E-state index >= 15 is 0 Å². The van der Waals surface area contributed by atoms with E-state index in [2.05, 4.69) is 6.07 Å². The fourth-order valence-corrected chi connectivity index (χ4v) is 6.07. The van der Waals surface area contributed by atoms with Crippen molar-refractivity contribution >= 4 is 16.6 Å². The van der Waals surface area contributed by atoms with Crippen molar-refractivity contribution < 1.29 is 23.6 Å². The van der Waals surface area contributed by atoms with E-state index in [-0.39, 0.29) is 25.1 Å². The molecule has 182 valence electrons. The molecule has 3 aromatic rings. The number of benzene rings is 3. The summed E-state index contributed by atoms with van der Waals surface area (Å²) in [6.07, 6.45) is 2.91. The van der Waals surface area contributed by atoms with Crippen LogP contribution in [-0.4, -0.2) is 34.3 Å². The van der Waals surface area contributed by atoms with Crippen LogP contribution in [-0.2, 0) is 27.4 Å². The highest BCUT2D eigenvalue weighted by molar-refractivity contribution is 7.85. The Labute approximate surface area is 208 Å². The zero-order valence-corrected chi connectivity index (χ0v) is 20.7. The average molecular weight is 491 g/mol. The Morgan fingerprint density at radius 1 is 1.00 bits per heavy atom. The Bertz CT molecular complexity index is 1240. The molecule has 0 aromatic heterocycles. The predicted octanol–water partition coefficient (Wildman–Crippen LogP) is 5.05. The second-order valence-corrected chi connectivity index (χ2v) is 10.9. The van der Waals surface area contributed by atoms with Crippen molar-refractivity contribution in [3.05, 3.63) is 77.9 Å². The average Bonchev–Trinajstić information content (AvgIpc) is 3.58. The maximum Gasteiger partial charge on any atom is 0.231 e.